The molecule has 0 fully saturated rings. The number of ether oxygens (including phenoxy) is 3. The van der Waals surface area contributed by atoms with Crippen LogP contribution >= 0.6 is 11.3 Å². The molecule has 1 aromatic carbocycles. The van der Waals surface area contributed by atoms with Gasteiger partial charge in [-0.2, -0.15) is 0 Å². The number of nitrogens with one attached hydrogen (secondary N) is 1. The highest BCUT2D eigenvalue weighted by Gasteiger charge is 2.27. The van der Waals surface area contributed by atoms with Gasteiger partial charge in [0.1, 0.15) is 25.2 Å². The maximum Gasteiger partial charge on any atom is 0.298 e. The number of benzene rings is 1. The second kappa shape index (κ2) is 9.75. The maximum absolute atomic E-state index is 13.1. The third-order valence-corrected chi connectivity index (χ3v) is 5.73. The molecule has 1 aromatic heterocycles. The number of carbonyl (C=O) groups excluding carboxylic acids is 1. The van der Waals surface area contributed by atoms with E-state index in [1.165, 1.54) is 22.5 Å². The van der Waals surface area contributed by atoms with E-state index in [1.807, 2.05) is 25.1 Å². The van der Waals surface area contributed by atoms with Gasteiger partial charge in [-0.15, -0.1) is 0 Å². The highest BCUT2D eigenvalue weighted by atomic mass is 32.1. The molecule has 0 radical (unpaired) electrons. The van der Waals surface area contributed by atoms with Crippen LogP contribution in [-0.2, 0) is 14.3 Å². The first-order chi connectivity index (χ1) is 13.7. The number of hydrogen-bond acceptors (Lipinski definition) is 6. The van der Waals surface area contributed by atoms with Crippen LogP contribution < -0.4 is 14.5 Å². The van der Waals surface area contributed by atoms with Gasteiger partial charge in [-0.25, -0.2) is 4.98 Å². The molecular weight excluding hydrogens is 378 g/mol. The van der Waals surface area contributed by atoms with Crippen LogP contribution in [-0.4, -0.2) is 56.9 Å². The summed E-state index contributed by atoms with van der Waals surface area (Å²) in [4.78, 5) is 20.9. The zero-order valence-corrected chi connectivity index (χ0v) is 17.5. The molecule has 28 heavy (non-hydrogen) atoms. The molecule has 7 nitrogen and oxygen atoms in total. The highest BCUT2D eigenvalue weighted by Crippen LogP contribution is 2.32. The Morgan fingerprint density at radius 2 is 2.11 bits per heavy atom. The molecule has 0 bridgehead atoms. The van der Waals surface area contributed by atoms with Gasteiger partial charge >= 0.3 is 0 Å². The summed E-state index contributed by atoms with van der Waals surface area (Å²) in [5.41, 5.74) is 0.853. The molecule has 1 N–H and O–H groups in total. The van der Waals surface area contributed by atoms with Crippen LogP contribution in [0.3, 0.4) is 0 Å². The molecule has 1 aliphatic rings. The first-order valence-electron chi connectivity index (χ1n) is 9.79. The normalized spacial score (nSPS) is 13.8. The number of nitrogens with zero attached hydrogens (tertiary/aromatic N) is 2. The molecule has 0 unspecified atom stereocenters. The monoisotopic (exact) mass is 406 g/mol. The summed E-state index contributed by atoms with van der Waals surface area (Å²) in [7, 11) is 0. The van der Waals surface area contributed by atoms with Crippen molar-refractivity contribution in [3.05, 3.63) is 30.2 Å². The third-order valence-electron chi connectivity index (χ3n) is 4.68. The Labute approximate surface area is 169 Å². The zero-order chi connectivity index (χ0) is 19.9. The van der Waals surface area contributed by atoms with E-state index < -0.39 is 0 Å². The molecule has 152 valence electrons. The highest BCUT2D eigenvalue weighted by molar-refractivity contribution is 7.22. The Hall–Kier alpha value is -2.32. The number of thiazole rings is 1. The Morgan fingerprint density at radius 1 is 1.29 bits per heavy atom. The van der Waals surface area contributed by atoms with Gasteiger partial charge in [0.25, 0.3) is 5.91 Å². The van der Waals surface area contributed by atoms with Gasteiger partial charge in [0.15, 0.2) is 5.13 Å². The molecule has 0 aliphatic carbocycles. The average Bonchev–Trinajstić information content (AvgIpc) is 3.15. The number of fused-ring (bicyclic) bond motifs is 1. The van der Waals surface area contributed by atoms with Crippen molar-refractivity contribution < 1.29 is 23.9 Å². The lowest BCUT2D eigenvalue weighted by atomic mass is 10.3. The number of aromatic nitrogens is 1. The molecule has 1 amide bonds. The van der Waals surface area contributed by atoms with Gasteiger partial charge in [-0.1, -0.05) is 11.3 Å². The van der Waals surface area contributed by atoms with Gasteiger partial charge in [-0.3, -0.25) is 9.69 Å². The summed E-state index contributed by atoms with van der Waals surface area (Å²) < 4.78 is 17.4. The van der Waals surface area contributed by atoms with Gasteiger partial charge in [0, 0.05) is 0 Å². The fraction of sp³-hybridized carbons (Fsp3) is 0.500. The van der Waals surface area contributed by atoms with Crippen molar-refractivity contribution >= 4 is 32.6 Å². The lowest BCUT2D eigenvalue weighted by molar-refractivity contribution is -0.894. The van der Waals surface area contributed by atoms with E-state index in [2.05, 4.69) is 13.8 Å². The summed E-state index contributed by atoms with van der Waals surface area (Å²) in [6.07, 6.45) is 1.41. The summed E-state index contributed by atoms with van der Waals surface area (Å²) in [6.45, 7) is 11.1. The number of rotatable bonds is 9. The van der Waals surface area contributed by atoms with Crippen molar-refractivity contribution in [2.24, 2.45) is 0 Å². The quantitative estimate of drug-likeness (QED) is 0.688. The lowest BCUT2D eigenvalue weighted by Crippen LogP contribution is -3.12. The molecule has 2 heterocycles. The van der Waals surface area contributed by atoms with Crippen molar-refractivity contribution in [3.63, 3.8) is 0 Å². The number of carbonyl (C=O) groups is 1. The summed E-state index contributed by atoms with van der Waals surface area (Å²) in [6, 6.07) is 5.80. The molecular formula is C20H28N3O4S+. The number of quaternary nitrogens is 1. The van der Waals surface area contributed by atoms with Gasteiger partial charge in [-0.05, 0) is 39.0 Å². The Bertz CT molecular complexity index is 832. The molecule has 8 heteroatoms. The van der Waals surface area contributed by atoms with Crippen LogP contribution in [0.2, 0.25) is 0 Å². The van der Waals surface area contributed by atoms with E-state index >= 15 is 0 Å². The smallest absolute Gasteiger partial charge is 0.298 e. The van der Waals surface area contributed by atoms with E-state index in [1.54, 1.807) is 4.90 Å². The first-order valence-corrected chi connectivity index (χ1v) is 10.6. The maximum atomic E-state index is 13.1. The largest absolute Gasteiger partial charge is 0.494 e. The Balaban J connectivity index is 1.89. The minimum absolute atomic E-state index is 0.213. The van der Waals surface area contributed by atoms with E-state index in [4.69, 9.17) is 19.2 Å². The van der Waals surface area contributed by atoms with E-state index in [0.717, 1.165) is 35.6 Å². The van der Waals surface area contributed by atoms with Crippen LogP contribution in [0.5, 0.6) is 5.75 Å². The summed E-state index contributed by atoms with van der Waals surface area (Å²) >= 11 is 1.49. The Morgan fingerprint density at radius 3 is 2.79 bits per heavy atom. The van der Waals surface area contributed by atoms with E-state index in [9.17, 15) is 4.79 Å². The topological polar surface area (TPSA) is 65.3 Å². The molecule has 3 rings (SSSR count). The van der Waals surface area contributed by atoms with E-state index in [-0.39, 0.29) is 11.7 Å². The Kier molecular flexibility index (Phi) is 7.11. The fourth-order valence-electron chi connectivity index (χ4n) is 3.04. The van der Waals surface area contributed by atoms with Crippen molar-refractivity contribution in [1.82, 2.24) is 4.98 Å². The number of hydrogen-bond donors (Lipinski definition) is 1. The molecule has 0 saturated carbocycles. The van der Waals surface area contributed by atoms with Crippen LogP contribution in [0, 0.1) is 0 Å². The van der Waals surface area contributed by atoms with Gasteiger partial charge in [0.2, 0.25) is 5.76 Å². The number of amides is 1. The standard InChI is InChI=1S/C20H27N3O4S/c1-4-22(5-2)9-10-23(19(24)17-14-25-11-12-27-17)20-21-16-8-7-15(26-6-3)13-18(16)28-20/h7-8,13-14H,4-6,9-12H2,1-3H3/p+1. The second-order valence-corrected chi connectivity index (χ2v) is 7.43. The predicted molar refractivity (Wildman–Crippen MR) is 110 cm³/mol. The lowest BCUT2D eigenvalue weighted by Gasteiger charge is -2.24. The molecule has 2 aromatic rings. The van der Waals surface area contributed by atoms with Crippen LogP contribution in [0.15, 0.2) is 30.2 Å². The number of likely N-dealkylation sites (N-methyl/N-ethyl adjacent to an activating group) is 1. The predicted octanol–water partition coefficient (Wildman–Crippen LogP) is 1.84. The average molecular weight is 407 g/mol. The molecule has 0 atom stereocenters. The van der Waals surface area contributed by atoms with Crippen molar-refractivity contribution in [2.75, 3.05) is 50.9 Å². The minimum atomic E-state index is -0.213. The number of anilines is 1. The van der Waals surface area contributed by atoms with Crippen LogP contribution in [0.4, 0.5) is 5.13 Å². The van der Waals surface area contributed by atoms with Crippen molar-refractivity contribution in [2.45, 2.75) is 20.8 Å². The van der Waals surface area contributed by atoms with Crippen molar-refractivity contribution in [1.29, 1.82) is 0 Å². The fourth-order valence-corrected chi connectivity index (χ4v) is 4.05. The van der Waals surface area contributed by atoms with E-state index in [0.29, 0.717) is 31.5 Å². The SMILES string of the molecule is CCOc1ccc2nc(N(CC[NH+](CC)CC)C(=O)C3=COCCO3)sc2c1. The zero-order valence-electron chi connectivity index (χ0n) is 16.7. The van der Waals surface area contributed by atoms with Gasteiger partial charge < -0.3 is 19.1 Å². The van der Waals surface area contributed by atoms with Crippen molar-refractivity contribution in [3.8, 4) is 5.75 Å². The minimum Gasteiger partial charge on any atom is -0.494 e. The molecule has 1 aliphatic heterocycles. The van der Waals surface area contributed by atoms with Crippen LogP contribution in [0.1, 0.15) is 20.8 Å². The molecule has 0 saturated heterocycles. The van der Waals surface area contributed by atoms with Crippen LogP contribution in [0.25, 0.3) is 10.2 Å². The second-order valence-electron chi connectivity index (χ2n) is 6.42. The summed E-state index contributed by atoms with van der Waals surface area (Å²) in [5, 5.41) is 0.662. The summed E-state index contributed by atoms with van der Waals surface area (Å²) in [5.74, 6) is 0.827. The molecule has 0 spiro atoms. The third kappa shape index (κ3) is 4.74. The first kappa shape index (κ1) is 20.4. The van der Waals surface area contributed by atoms with Gasteiger partial charge in [0.05, 0.1) is 43.0 Å².